The normalized spacial score (nSPS) is 33.7. The number of piperidine rings is 1. The Morgan fingerprint density at radius 2 is 2.19 bits per heavy atom. The molecule has 0 aromatic heterocycles. The van der Waals surface area contributed by atoms with Crippen molar-refractivity contribution in [2.45, 2.75) is 58.6 Å². The van der Waals surface area contributed by atoms with Crippen molar-refractivity contribution < 1.29 is 4.74 Å². The highest BCUT2D eigenvalue weighted by Crippen LogP contribution is 2.46. The zero-order valence-corrected chi connectivity index (χ0v) is 10.8. The summed E-state index contributed by atoms with van der Waals surface area (Å²) in [6, 6.07) is 0.525. The third kappa shape index (κ3) is 1.86. The second-order valence-electron chi connectivity index (χ2n) is 5.61. The molecule has 0 spiro atoms. The molecule has 1 saturated carbocycles. The Balaban J connectivity index is 1.99. The quantitative estimate of drug-likeness (QED) is 0.800. The lowest BCUT2D eigenvalue weighted by molar-refractivity contribution is -0.137. The van der Waals surface area contributed by atoms with Crippen molar-refractivity contribution in [3.63, 3.8) is 0 Å². The van der Waals surface area contributed by atoms with Gasteiger partial charge in [0.15, 0.2) is 0 Å². The average molecular weight is 224 g/mol. The molecule has 2 rings (SSSR count). The maximum absolute atomic E-state index is 8.04. The molecule has 16 heavy (non-hydrogen) atoms. The first-order valence-electron chi connectivity index (χ1n) is 6.53. The summed E-state index contributed by atoms with van der Waals surface area (Å²) < 4.78 is 5.75. The number of rotatable bonds is 3. The van der Waals surface area contributed by atoms with Gasteiger partial charge in [-0.05, 0) is 26.2 Å². The zero-order valence-electron chi connectivity index (χ0n) is 10.8. The second-order valence-corrected chi connectivity index (χ2v) is 5.61. The molecule has 0 amide bonds. The van der Waals surface area contributed by atoms with Gasteiger partial charge >= 0.3 is 0 Å². The predicted molar refractivity (Wildman–Crippen MR) is 65.9 cm³/mol. The fraction of sp³-hybridized carbons (Fsp3) is 0.923. The van der Waals surface area contributed by atoms with Crippen LogP contribution in [0.25, 0.3) is 0 Å². The topological polar surface area (TPSA) is 36.3 Å². The highest BCUT2D eigenvalue weighted by molar-refractivity contribution is 5.80. The van der Waals surface area contributed by atoms with Gasteiger partial charge in [-0.25, -0.2) is 0 Å². The molecule has 0 aromatic rings. The molecule has 92 valence electrons. The molecule has 1 aliphatic carbocycles. The van der Waals surface area contributed by atoms with E-state index in [0.29, 0.717) is 12.1 Å². The van der Waals surface area contributed by atoms with Crippen molar-refractivity contribution in [3.8, 4) is 0 Å². The Kier molecular flexibility index (Phi) is 3.24. The van der Waals surface area contributed by atoms with Crippen LogP contribution < -0.4 is 0 Å². The summed E-state index contributed by atoms with van der Waals surface area (Å²) in [5.41, 5.74) is 0.208. The van der Waals surface area contributed by atoms with E-state index in [4.69, 9.17) is 10.1 Å². The largest absolute Gasteiger partial charge is 0.378 e. The highest BCUT2D eigenvalue weighted by Gasteiger charge is 2.52. The highest BCUT2D eigenvalue weighted by atomic mass is 16.5. The molecule has 0 radical (unpaired) electrons. The van der Waals surface area contributed by atoms with Crippen LogP contribution in [0.3, 0.4) is 0 Å². The van der Waals surface area contributed by atoms with Gasteiger partial charge in [0.05, 0.1) is 11.9 Å². The van der Waals surface area contributed by atoms with Gasteiger partial charge in [0.2, 0.25) is 0 Å². The second kappa shape index (κ2) is 4.36. The van der Waals surface area contributed by atoms with Gasteiger partial charge in [-0.15, -0.1) is 0 Å². The first kappa shape index (κ1) is 11.9. The maximum atomic E-state index is 8.04. The number of nitrogens with zero attached hydrogens (tertiary/aromatic N) is 1. The number of likely N-dealkylation sites (tertiary alicyclic amines) is 1. The minimum absolute atomic E-state index is 0.208. The molecule has 1 heterocycles. The van der Waals surface area contributed by atoms with E-state index in [2.05, 4.69) is 25.7 Å². The molecular weight excluding hydrogens is 200 g/mol. The number of amidine groups is 1. The van der Waals surface area contributed by atoms with Crippen LogP contribution in [-0.2, 0) is 4.74 Å². The fourth-order valence-electron chi connectivity index (χ4n) is 3.07. The first-order valence-corrected chi connectivity index (χ1v) is 6.53. The van der Waals surface area contributed by atoms with Gasteiger partial charge in [0.25, 0.3) is 0 Å². The van der Waals surface area contributed by atoms with Gasteiger partial charge in [-0.2, -0.15) is 0 Å². The lowest BCUT2D eigenvalue weighted by atomic mass is 9.63. The number of ether oxygens (including phenoxy) is 1. The van der Waals surface area contributed by atoms with Crippen molar-refractivity contribution in [1.82, 2.24) is 4.90 Å². The molecule has 2 atom stereocenters. The zero-order chi connectivity index (χ0) is 11.8. The lowest BCUT2D eigenvalue weighted by Crippen LogP contribution is -2.63. The van der Waals surface area contributed by atoms with Crippen LogP contribution in [0.4, 0.5) is 0 Å². The van der Waals surface area contributed by atoms with Crippen LogP contribution in [-0.4, -0.2) is 36.0 Å². The Bertz CT molecular complexity index is 275. The standard InChI is InChI=1S/C13H24N2O/c1-4-16-11-9-10(13(11,2)3)15-8-6-5-7-12(15)14/h10-11,14H,4-9H2,1-3H3. The summed E-state index contributed by atoms with van der Waals surface area (Å²) in [4.78, 5) is 2.32. The monoisotopic (exact) mass is 224 g/mol. The van der Waals surface area contributed by atoms with E-state index in [9.17, 15) is 0 Å². The van der Waals surface area contributed by atoms with Crippen LogP contribution in [0.1, 0.15) is 46.5 Å². The van der Waals surface area contributed by atoms with Crippen LogP contribution in [0, 0.1) is 10.8 Å². The summed E-state index contributed by atoms with van der Waals surface area (Å²) in [6.07, 6.45) is 4.89. The molecule has 1 aliphatic heterocycles. The van der Waals surface area contributed by atoms with Crippen molar-refractivity contribution >= 4 is 5.84 Å². The lowest BCUT2D eigenvalue weighted by Gasteiger charge is -2.57. The summed E-state index contributed by atoms with van der Waals surface area (Å²) >= 11 is 0. The molecule has 2 aliphatic rings. The molecule has 1 N–H and O–H groups in total. The summed E-state index contributed by atoms with van der Waals surface area (Å²) in [6.45, 7) is 8.50. The molecule has 0 bridgehead atoms. The van der Waals surface area contributed by atoms with Crippen LogP contribution >= 0.6 is 0 Å². The number of hydrogen-bond donors (Lipinski definition) is 1. The van der Waals surface area contributed by atoms with E-state index in [1.807, 2.05) is 0 Å². The minimum Gasteiger partial charge on any atom is -0.378 e. The molecule has 0 aromatic carbocycles. The van der Waals surface area contributed by atoms with Crippen LogP contribution in [0.15, 0.2) is 0 Å². The van der Waals surface area contributed by atoms with Crippen LogP contribution in [0.5, 0.6) is 0 Å². The van der Waals surface area contributed by atoms with Crippen molar-refractivity contribution in [2.24, 2.45) is 5.41 Å². The van der Waals surface area contributed by atoms with E-state index >= 15 is 0 Å². The van der Waals surface area contributed by atoms with Crippen molar-refractivity contribution in [3.05, 3.63) is 0 Å². The predicted octanol–water partition coefficient (Wildman–Crippen LogP) is 2.65. The molecule has 2 unspecified atom stereocenters. The third-order valence-electron chi connectivity index (χ3n) is 4.28. The van der Waals surface area contributed by atoms with E-state index in [1.165, 1.54) is 12.8 Å². The third-order valence-corrected chi connectivity index (χ3v) is 4.28. The molecular formula is C13H24N2O. The van der Waals surface area contributed by atoms with E-state index in [1.54, 1.807) is 0 Å². The SMILES string of the molecule is CCOC1CC(N2CCCCC2=N)C1(C)C. The minimum atomic E-state index is 0.208. The maximum Gasteiger partial charge on any atom is 0.0960 e. The Morgan fingerprint density at radius 3 is 2.75 bits per heavy atom. The Hall–Kier alpha value is -0.570. The molecule has 3 heteroatoms. The average Bonchev–Trinajstić information content (AvgIpc) is 2.25. The Labute approximate surface area is 98.7 Å². The van der Waals surface area contributed by atoms with Crippen LogP contribution in [0.2, 0.25) is 0 Å². The molecule has 1 saturated heterocycles. The number of hydrogen-bond acceptors (Lipinski definition) is 2. The Morgan fingerprint density at radius 1 is 1.44 bits per heavy atom. The first-order chi connectivity index (χ1) is 7.57. The molecule has 3 nitrogen and oxygen atoms in total. The number of nitrogens with one attached hydrogen (secondary N) is 1. The van der Waals surface area contributed by atoms with Gasteiger partial charge < -0.3 is 9.64 Å². The van der Waals surface area contributed by atoms with Gasteiger partial charge in [-0.3, -0.25) is 5.41 Å². The van der Waals surface area contributed by atoms with E-state index in [-0.39, 0.29) is 5.41 Å². The fourth-order valence-corrected chi connectivity index (χ4v) is 3.07. The van der Waals surface area contributed by atoms with Crippen molar-refractivity contribution in [1.29, 1.82) is 5.41 Å². The van der Waals surface area contributed by atoms with Gasteiger partial charge in [-0.1, -0.05) is 13.8 Å². The summed E-state index contributed by atoms with van der Waals surface area (Å²) in [5, 5.41) is 8.04. The summed E-state index contributed by atoms with van der Waals surface area (Å²) in [5.74, 6) is 0.847. The molecule has 2 fully saturated rings. The van der Waals surface area contributed by atoms with E-state index in [0.717, 1.165) is 31.8 Å². The van der Waals surface area contributed by atoms with E-state index < -0.39 is 0 Å². The summed E-state index contributed by atoms with van der Waals surface area (Å²) in [7, 11) is 0. The van der Waals surface area contributed by atoms with Gasteiger partial charge in [0.1, 0.15) is 0 Å². The van der Waals surface area contributed by atoms with Gasteiger partial charge in [0, 0.05) is 31.0 Å². The smallest absolute Gasteiger partial charge is 0.0960 e. The van der Waals surface area contributed by atoms with Crippen molar-refractivity contribution in [2.75, 3.05) is 13.2 Å².